The molecule has 0 saturated heterocycles. The van der Waals surface area contributed by atoms with Gasteiger partial charge in [-0.2, -0.15) is 0 Å². The lowest BCUT2D eigenvalue weighted by Crippen LogP contribution is -2.16. The van der Waals surface area contributed by atoms with E-state index in [-0.39, 0.29) is 11.6 Å². The number of aromatic nitrogens is 3. The van der Waals surface area contributed by atoms with E-state index >= 15 is 0 Å². The summed E-state index contributed by atoms with van der Waals surface area (Å²) in [6.07, 6.45) is 1.74. The van der Waals surface area contributed by atoms with E-state index in [1.54, 1.807) is 6.26 Å². The Morgan fingerprint density at radius 1 is 0.812 bits per heavy atom. The van der Waals surface area contributed by atoms with Gasteiger partial charge >= 0.3 is 0 Å². The van der Waals surface area contributed by atoms with Gasteiger partial charge in [0, 0.05) is 0 Å². The van der Waals surface area contributed by atoms with E-state index in [1.165, 1.54) is 11.8 Å². The van der Waals surface area contributed by atoms with Crippen LogP contribution in [0.2, 0.25) is 0 Å². The van der Waals surface area contributed by atoms with Gasteiger partial charge in [0.15, 0.2) is 16.8 Å². The lowest BCUT2D eigenvalue weighted by atomic mass is 10.6. The molecule has 0 N–H and O–H groups in total. The van der Waals surface area contributed by atoms with Gasteiger partial charge in [-0.05, 0) is 6.26 Å². The molecule has 0 aliphatic heterocycles. The van der Waals surface area contributed by atoms with Crippen molar-refractivity contribution in [2.75, 3.05) is 6.26 Å². The number of thioether (sulfide) groups is 1. The quantitative estimate of drug-likeness (QED) is 0.553. The molecule has 0 aliphatic rings. The predicted octanol–water partition coefficient (Wildman–Crippen LogP) is 4.25. The summed E-state index contributed by atoms with van der Waals surface area (Å²) in [5.74, 6) is -0.170. The van der Waals surface area contributed by atoms with Crippen molar-refractivity contribution in [2.45, 2.75) is 12.7 Å². The van der Waals surface area contributed by atoms with Gasteiger partial charge in [0.1, 0.15) is 0 Å². The van der Waals surface area contributed by atoms with E-state index in [2.05, 4.69) is 15.0 Å². The van der Waals surface area contributed by atoms with Crippen LogP contribution in [0.15, 0.2) is 5.16 Å². The van der Waals surface area contributed by atoms with E-state index in [0.717, 1.165) is 0 Å². The summed E-state index contributed by atoms with van der Waals surface area (Å²) in [5, 5.41) is 0.303. The third-order valence-corrected chi connectivity index (χ3v) is 2.87. The first-order valence-corrected chi connectivity index (χ1v) is 7.08. The minimum absolute atomic E-state index is 0.0850. The van der Waals surface area contributed by atoms with E-state index in [9.17, 15) is 0 Å². The van der Waals surface area contributed by atoms with Crippen molar-refractivity contribution < 1.29 is 0 Å². The van der Waals surface area contributed by atoms with E-state index in [4.69, 9.17) is 69.6 Å². The highest BCUT2D eigenvalue weighted by atomic mass is 35.6. The number of rotatable bonds is 1. The summed E-state index contributed by atoms with van der Waals surface area (Å²) in [7, 11) is 0. The highest BCUT2D eigenvalue weighted by Gasteiger charge is 2.33. The number of hydrogen-bond acceptors (Lipinski definition) is 4. The summed E-state index contributed by atoms with van der Waals surface area (Å²) in [6, 6.07) is 0. The van der Waals surface area contributed by atoms with Gasteiger partial charge in [0.25, 0.3) is 0 Å². The predicted molar refractivity (Wildman–Crippen MR) is 70.1 cm³/mol. The zero-order chi connectivity index (χ0) is 12.6. The van der Waals surface area contributed by atoms with Crippen molar-refractivity contribution in [3.05, 3.63) is 11.6 Å². The van der Waals surface area contributed by atoms with Crippen LogP contribution < -0.4 is 0 Å². The minimum Gasteiger partial charge on any atom is -0.209 e. The normalized spacial score (nSPS) is 12.9. The fraction of sp³-hybridized carbons (Fsp3) is 0.500. The monoisotopic (exact) mass is 359 g/mol. The van der Waals surface area contributed by atoms with Crippen LogP contribution in [0.25, 0.3) is 0 Å². The largest absolute Gasteiger partial charge is 0.250 e. The highest BCUT2D eigenvalue weighted by Crippen LogP contribution is 2.40. The van der Waals surface area contributed by atoms with E-state index in [0.29, 0.717) is 5.16 Å². The van der Waals surface area contributed by atoms with Crippen LogP contribution in [-0.2, 0) is 7.59 Å². The summed E-state index contributed by atoms with van der Waals surface area (Å²) in [4.78, 5) is 11.6. The molecule has 1 aromatic rings. The summed E-state index contributed by atoms with van der Waals surface area (Å²) >= 11 is 35.1. The van der Waals surface area contributed by atoms with Crippen LogP contribution in [0.4, 0.5) is 0 Å². The lowest BCUT2D eigenvalue weighted by Gasteiger charge is -2.14. The second-order valence-corrected chi connectivity index (χ2v) is 7.80. The fourth-order valence-electron chi connectivity index (χ4n) is 0.701. The van der Waals surface area contributed by atoms with Crippen molar-refractivity contribution in [2.24, 2.45) is 0 Å². The Kier molecular flexibility index (Phi) is 5.11. The molecule has 0 amide bonds. The third kappa shape index (κ3) is 4.09. The molecule has 1 rings (SSSR count). The molecule has 0 unspecified atom stereocenters. The molecule has 0 fully saturated rings. The molecule has 0 radical (unpaired) electrons. The first kappa shape index (κ1) is 15.2. The maximum atomic E-state index is 5.65. The fourth-order valence-corrected chi connectivity index (χ4v) is 1.56. The average molecular weight is 362 g/mol. The molecule has 0 saturated carbocycles. The van der Waals surface area contributed by atoms with Gasteiger partial charge < -0.3 is 0 Å². The minimum atomic E-state index is -1.79. The van der Waals surface area contributed by atoms with Crippen molar-refractivity contribution in [3.8, 4) is 0 Å². The standard InChI is InChI=1S/C6H3Cl6N3S/c1-16-4-14-2(5(7,8)9)13-3(15-4)6(10,11)12/h1H3. The number of halogens is 6. The lowest BCUT2D eigenvalue weighted by molar-refractivity contribution is 0.769. The van der Waals surface area contributed by atoms with E-state index in [1.807, 2.05) is 0 Å². The third-order valence-electron chi connectivity index (χ3n) is 1.30. The smallest absolute Gasteiger partial charge is 0.209 e. The Labute approximate surface area is 126 Å². The summed E-state index contributed by atoms with van der Waals surface area (Å²) < 4.78 is -3.59. The molecular formula is C6H3Cl6N3S. The van der Waals surface area contributed by atoms with Crippen LogP contribution >= 0.6 is 81.4 Å². The Hall–Kier alpha value is 1.10. The van der Waals surface area contributed by atoms with Gasteiger partial charge in [0.05, 0.1) is 0 Å². The van der Waals surface area contributed by atoms with Gasteiger partial charge in [-0.1, -0.05) is 81.4 Å². The van der Waals surface area contributed by atoms with Gasteiger partial charge in [-0.15, -0.1) is 0 Å². The maximum absolute atomic E-state index is 5.65. The van der Waals surface area contributed by atoms with Crippen LogP contribution in [0.1, 0.15) is 11.6 Å². The summed E-state index contributed by atoms with van der Waals surface area (Å²) in [5.41, 5.74) is 0. The average Bonchev–Trinajstić information content (AvgIpc) is 2.14. The molecule has 16 heavy (non-hydrogen) atoms. The van der Waals surface area contributed by atoms with Gasteiger partial charge in [0.2, 0.25) is 7.59 Å². The van der Waals surface area contributed by atoms with Crippen molar-refractivity contribution >= 4 is 81.4 Å². The van der Waals surface area contributed by atoms with Crippen LogP contribution in [0, 0.1) is 0 Å². The molecule has 0 spiro atoms. The SMILES string of the molecule is CSc1nc(C(Cl)(Cl)Cl)nc(C(Cl)(Cl)Cl)n1. The molecule has 1 aromatic heterocycles. The van der Waals surface area contributed by atoms with E-state index < -0.39 is 7.59 Å². The molecule has 0 aromatic carbocycles. The molecule has 0 bridgehead atoms. The summed E-state index contributed by atoms with van der Waals surface area (Å²) in [6.45, 7) is 0. The van der Waals surface area contributed by atoms with Gasteiger partial charge in [-0.3, -0.25) is 0 Å². The second-order valence-electron chi connectivity index (χ2n) is 2.46. The van der Waals surface area contributed by atoms with Crippen LogP contribution in [0.5, 0.6) is 0 Å². The Morgan fingerprint density at radius 2 is 1.19 bits per heavy atom. The highest BCUT2D eigenvalue weighted by molar-refractivity contribution is 7.98. The van der Waals surface area contributed by atoms with Crippen molar-refractivity contribution in [1.82, 2.24) is 15.0 Å². The van der Waals surface area contributed by atoms with Crippen molar-refractivity contribution in [3.63, 3.8) is 0 Å². The van der Waals surface area contributed by atoms with Crippen molar-refractivity contribution in [1.29, 1.82) is 0 Å². The molecule has 1 heterocycles. The first-order chi connectivity index (χ1) is 7.14. The molecule has 90 valence electrons. The zero-order valence-corrected chi connectivity index (χ0v) is 12.9. The topological polar surface area (TPSA) is 38.7 Å². The Balaban J connectivity index is 3.33. The zero-order valence-electron chi connectivity index (χ0n) is 7.52. The molecular weight excluding hydrogens is 359 g/mol. The Morgan fingerprint density at radius 3 is 1.44 bits per heavy atom. The number of hydrogen-bond donors (Lipinski definition) is 0. The number of alkyl halides is 6. The maximum Gasteiger partial charge on any atom is 0.250 e. The Bertz CT molecular complexity index is 355. The first-order valence-electron chi connectivity index (χ1n) is 3.59. The number of nitrogens with zero attached hydrogens (tertiary/aromatic N) is 3. The molecule has 0 atom stereocenters. The molecule has 3 nitrogen and oxygen atoms in total. The molecule has 0 aliphatic carbocycles. The van der Waals surface area contributed by atoms with Crippen LogP contribution in [0.3, 0.4) is 0 Å². The van der Waals surface area contributed by atoms with Gasteiger partial charge in [-0.25, -0.2) is 15.0 Å². The second kappa shape index (κ2) is 5.39. The van der Waals surface area contributed by atoms with Crippen LogP contribution in [-0.4, -0.2) is 21.2 Å². The molecule has 10 heteroatoms.